The second kappa shape index (κ2) is 7.92. The van der Waals surface area contributed by atoms with Crippen molar-refractivity contribution >= 4 is 28.3 Å². The largest absolute Gasteiger partial charge is 0.355 e. The van der Waals surface area contributed by atoms with E-state index in [2.05, 4.69) is 5.32 Å². The van der Waals surface area contributed by atoms with Gasteiger partial charge in [-0.15, -0.1) is 12.4 Å². The molecule has 0 bridgehead atoms. The number of sulfonamides is 1. The summed E-state index contributed by atoms with van der Waals surface area (Å²) in [6.07, 6.45) is 3.41. The summed E-state index contributed by atoms with van der Waals surface area (Å²) in [5.41, 5.74) is 6.83. The van der Waals surface area contributed by atoms with Crippen LogP contribution in [0.4, 0.5) is 0 Å². The first-order valence-electron chi connectivity index (χ1n) is 7.03. The summed E-state index contributed by atoms with van der Waals surface area (Å²) in [5, 5.41) is 7.92. The highest BCUT2D eigenvalue weighted by molar-refractivity contribution is 7.89. The van der Waals surface area contributed by atoms with E-state index in [1.807, 2.05) is 0 Å². The van der Waals surface area contributed by atoms with Crippen molar-refractivity contribution in [2.45, 2.75) is 36.6 Å². The molecular formula is C14H22ClN3O3S. The van der Waals surface area contributed by atoms with E-state index in [4.69, 9.17) is 10.9 Å². The standard InChI is InChI=1S/C14H21N3O3S.ClH/c15-13-3-1-2-12(13)14(18)17-9-8-10-4-6-11(7-5-10)21(16,19)20;/h4-7,12-13H,1-3,8-9,15H2,(H,17,18)(H2,16,19,20);1H. The Kier molecular flexibility index (Phi) is 6.80. The summed E-state index contributed by atoms with van der Waals surface area (Å²) in [6.45, 7) is 0.511. The molecule has 0 radical (unpaired) electrons. The summed E-state index contributed by atoms with van der Waals surface area (Å²) in [5.74, 6) is -0.0593. The lowest BCUT2D eigenvalue weighted by Crippen LogP contribution is -2.39. The number of halogens is 1. The topological polar surface area (TPSA) is 115 Å². The fourth-order valence-corrected chi connectivity index (χ4v) is 3.14. The zero-order valence-corrected chi connectivity index (χ0v) is 13.8. The fraction of sp³-hybridized carbons (Fsp3) is 0.500. The number of hydrogen-bond donors (Lipinski definition) is 3. The predicted octanol–water partition coefficient (Wildman–Crippen LogP) is 0.542. The third-order valence-corrected chi connectivity index (χ3v) is 4.80. The van der Waals surface area contributed by atoms with Crippen LogP contribution in [-0.4, -0.2) is 26.9 Å². The van der Waals surface area contributed by atoms with Crippen LogP contribution in [0, 0.1) is 5.92 Å². The number of primary sulfonamides is 1. The lowest BCUT2D eigenvalue weighted by atomic mass is 10.0. The average molecular weight is 348 g/mol. The van der Waals surface area contributed by atoms with E-state index in [9.17, 15) is 13.2 Å². The number of carbonyl (C=O) groups excluding carboxylic acids is 1. The van der Waals surface area contributed by atoms with Crippen LogP contribution in [0.25, 0.3) is 0 Å². The minimum Gasteiger partial charge on any atom is -0.355 e. The van der Waals surface area contributed by atoms with Crippen LogP contribution in [0.1, 0.15) is 24.8 Å². The Hall–Kier alpha value is -1.15. The van der Waals surface area contributed by atoms with E-state index in [0.29, 0.717) is 13.0 Å². The Labute approximate surface area is 137 Å². The molecular weight excluding hydrogens is 326 g/mol. The van der Waals surface area contributed by atoms with Crippen LogP contribution in [0.3, 0.4) is 0 Å². The second-order valence-corrected chi connectivity index (χ2v) is 6.99. The van der Waals surface area contributed by atoms with Gasteiger partial charge in [0.1, 0.15) is 0 Å². The molecule has 1 amide bonds. The molecule has 2 unspecified atom stereocenters. The third kappa shape index (κ3) is 4.95. The Balaban J connectivity index is 0.00000242. The normalized spacial score (nSPS) is 21.2. The molecule has 0 saturated heterocycles. The molecule has 2 rings (SSSR count). The maximum Gasteiger partial charge on any atom is 0.238 e. The second-order valence-electron chi connectivity index (χ2n) is 5.43. The molecule has 1 aliphatic rings. The monoisotopic (exact) mass is 347 g/mol. The van der Waals surface area contributed by atoms with Gasteiger partial charge in [0.05, 0.1) is 10.8 Å². The number of rotatable bonds is 5. The van der Waals surface area contributed by atoms with Gasteiger partial charge in [0.25, 0.3) is 0 Å². The predicted molar refractivity (Wildman–Crippen MR) is 87.1 cm³/mol. The lowest BCUT2D eigenvalue weighted by molar-refractivity contribution is -0.125. The van der Waals surface area contributed by atoms with Crippen molar-refractivity contribution in [1.29, 1.82) is 0 Å². The van der Waals surface area contributed by atoms with Crippen molar-refractivity contribution in [3.8, 4) is 0 Å². The molecule has 0 aliphatic heterocycles. The first kappa shape index (κ1) is 18.9. The molecule has 0 heterocycles. The van der Waals surface area contributed by atoms with E-state index in [1.54, 1.807) is 12.1 Å². The molecule has 0 aromatic heterocycles. The third-order valence-electron chi connectivity index (χ3n) is 3.87. The van der Waals surface area contributed by atoms with Crippen molar-refractivity contribution in [2.24, 2.45) is 16.8 Å². The van der Waals surface area contributed by atoms with E-state index in [1.165, 1.54) is 12.1 Å². The summed E-state index contributed by atoms with van der Waals surface area (Å²) in [4.78, 5) is 12.0. The van der Waals surface area contributed by atoms with Gasteiger partial charge in [0, 0.05) is 12.6 Å². The first-order valence-corrected chi connectivity index (χ1v) is 8.57. The van der Waals surface area contributed by atoms with E-state index in [0.717, 1.165) is 24.8 Å². The van der Waals surface area contributed by atoms with Crippen LogP contribution in [-0.2, 0) is 21.2 Å². The summed E-state index contributed by atoms with van der Waals surface area (Å²) >= 11 is 0. The summed E-state index contributed by atoms with van der Waals surface area (Å²) in [7, 11) is -3.65. The lowest BCUT2D eigenvalue weighted by Gasteiger charge is -2.15. The number of benzene rings is 1. The highest BCUT2D eigenvalue weighted by atomic mass is 35.5. The van der Waals surface area contributed by atoms with Gasteiger partial charge in [0.2, 0.25) is 15.9 Å². The number of nitrogens with two attached hydrogens (primary N) is 2. The van der Waals surface area contributed by atoms with Crippen molar-refractivity contribution in [1.82, 2.24) is 5.32 Å². The Morgan fingerprint density at radius 2 is 1.86 bits per heavy atom. The Morgan fingerprint density at radius 1 is 1.23 bits per heavy atom. The number of hydrogen-bond acceptors (Lipinski definition) is 4. The van der Waals surface area contributed by atoms with E-state index >= 15 is 0 Å². The molecule has 124 valence electrons. The van der Waals surface area contributed by atoms with Gasteiger partial charge >= 0.3 is 0 Å². The number of carbonyl (C=O) groups is 1. The minimum atomic E-state index is -3.65. The summed E-state index contributed by atoms with van der Waals surface area (Å²) in [6, 6.07) is 6.32. The molecule has 2 atom stereocenters. The maximum absolute atomic E-state index is 11.9. The SMILES string of the molecule is Cl.NC1CCCC1C(=O)NCCc1ccc(S(N)(=O)=O)cc1. The smallest absolute Gasteiger partial charge is 0.238 e. The molecule has 0 spiro atoms. The minimum absolute atomic E-state index is 0. The quantitative estimate of drug-likeness (QED) is 0.721. The maximum atomic E-state index is 11.9. The van der Waals surface area contributed by atoms with Crippen LogP contribution >= 0.6 is 12.4 Å². The van der Waals surface area contributed by atoms with Gasteiger partial charge in [-0.1, -0.05) is 18.6 Å². The van der Waals surface area contributed by atoms with E-state index < -0.39 is 10.0 Å². The zero-order chi connectivity index (χ0) is 15.5. The number of nitrogens with one attached hydrogen (secondary N) is 1. The van der Waals surface area contributed by atoms with Crippen LogP contribution in [0.2, 0.25) is 0 Å². The van der Waals surface area contributed by atoms with Crippen molar-refractivity contribution in [3.63, 3.8) is 0 Å². The zero-order valence-electron chi connectivity index (χ0n) is 12.2. The van der Waals surface area contributed by atoms with Gasteiger partial charge < -0.3 is 11.1 Å². The summed E-state index contributed by atoms with van der Waals surface area (Å²) < 4.78 is 22.3. The molecule has 1 fully saturated rings. The first-order chi connectivity index (χ1) is 9.88. The van der Waals surface area contributed by atoms with Gasteiger partial charge in [-0.25, -0.2) is 13.6 Å². The average Bonchev–Trinajstić information content (AvgIpc) is 2.84. The molecule has 1 aromatic rings. The number of amides is 1. The Bertz CT molecular complexity index is 604. The molecule has 1 aliphatic carbocycles. The highest BCUT2D eigenvalue weighted by Crippen LogP contribution is 2.23. The van der Waals surface area contributed by atoms with Gasteiger partial charge in [-0.3, -0.25) is 4.79 Å². The van der Waals surface area contributed by atoms with Gasteiger partial charge in [-0.2, -0.15) is 0 Å². The molecule has 6 nitrogen and oxygen atoms in total. The molecule has 1 aromatic carbocycles. The Morgan fingerprint density at radius 3 is 2.36 bits per heavy atom. The van der Waals surface area contributed by atoms with Gasteiger partial charge in [-0.05, 0) is 37.0 Å². The van der Waals surface area contributed by atoms with Crippen LogP contribution in [0.5, 0.6) is 0 Å². The van der Waals surface area contributed by atoms with Gasteiger partial charge in [0.15, 0.2) is 0 Å². The highest BCUT2D eigenvalue weighted by Gasteiger charge is 2.29. The molecule has 8 heteroatoms. The van der Waals surface area contributed by atoms with Crippen molar-refractivity contribution < 1.29 is 13.2 Å². The van der Waals surface area contributed by atoms with Crippen molar-refractivity contribution in [2.75, 3.05) is 6.54 Å². The molecule has 1 saturated carbocycles. The van der Waals surface area contributed by atoms with Crippen LogP contribution < -0.4 is 16.2 Å². The molecule has 5 N–H and O–H groups in total. The van der Waals surface area contributed by atoms with Crippen LogP contribution in [0.15, 0.2) is 29.2 Å². The fourth-order valence-electron chi connectivity index (χ4n) is 2.62. The molecule has 22 heavy (non-hydrogen) atoms. The van der Waals surface area contributed by atoms with E-state index in [-0.39, 0.29) is 35.2 Å². The van der Waals surface area contributed by atoms with Crippen molar-refractivity contribution in [3.05, 3.63) is 29.8 Å².